The number of hydrogen-bond donors (Lipinski definition) is 1. The van der Waals surface area contributed by atoms with Crippen molar-refractivity contribution in [3.8, 4) is 11.5 Å². The Morgan fingerprint density at radius 3 is 2.58 bits per heavy atom. The number of nitrogens with one attached hydrogen (secondary N) is 1. The molecule has 0 aliphatic carbocycles. The second-order valence-corrected chi connectivity index (χ2v) is 4.13. The van der Waals surface area contributed by atoms with Gasteiger partial charge in [0, 0.05) is 11.6 Å². The van der Waals surface area contributed by atoms with Crippen molar-refractivity contribution in [3.05, 3.63) is 41.8 Å². The molecule has 0 bridgehead atoms. The number of halogens is 3. The topological polar surface area (TPSA) is 38.1 Å². The predicted molar refractivity (Wildman–Crippen MR) is 64.4 cm³/mol. The first-order valence-corrected chi connectivity index (χ1v) is 5.72. The van der Waals surface area contributed by atoms with Crippen LogP contribution in [0.3, 0.4) is 0 Å². The molecule has 2 rings (SSSR count). The van der Waals surface area contributed by atoms with Gasteiger partial charge in [-0.3, -0.25) is 0 Å². The third kappa shape index (κ3) is 2.78. The van der Waals surface area contributed by atoms with Crippen LogP contribution in [0.2, 0.25) is 0 Å². The van der Waals surface area contributed by atoms with Crippen LogP contribution < -0.4 is 5.32 Å². The zero-order valence-electron chi connectivity index (χ0n) is 10.5. The number of benzene rings is 1. The van der Waals surface area contributed by atoms with Crippen molar-refractivity contribution in [2.45, 2.75) is 19.1 Å². The van der Waals surface area contributed by atoms with Gasteiger partial charge in [0.2, 0.25) is 5.89 Å². The van der Waals surface area contributed by atoms with Crippen molar-refractivity contribution in [2.75, 3.05) is 7.05 Å². The molecule has 0 saturated heterocycles. The number of nitrogens with zero attached hydrogens (tertiary/aromatic N) is 1. The van der Waals surface area contributed by atoms with Crippen molar-refractivity contribution in [1.29, 1.82) is 0 Å². The first kappa shape index (κ1) is 13.6. The maximum atomic E-state index is 12.9. The molecular weight excluding hydrogens is 257 g/mol. The summed E-state index contributed by atoms with van der Waals surface area (Å²) in [6.07, 6.45) is -3.07. The van der Waals surface area contributed by atoms with Gasteiger partial charge < -0.3 is 9.73 Å². The van der Waals surface area contributed by atoms with Gasteiger partial charge in [-0.2, -0.15) is 13.2 Å². The maximum absolute atomic E-state index is 12.9. The maximum Gasteiger partial charge on any atom is 0.417 e. The van der Waals surface area contributed by atoms with Gasteiger partial charge in [-0.15, -0.1) is 0 Å². The summed E-state index contributed by atoms with van der Waals surface area (Å²) in [5, 5.41) is 2.95. The molecule has 1 aromatic heterocycles. The van der Waals surface area contributed by atoms with Crippen LogP contribution in [0.15, 0.2) is 34.9 Å². The second kappa shape index (κ2) is 5.05. The Morgan fingerprint density at radius 2 is 1.95 bits per heavy atom. The Bertz CT molecular complexity index is 563. The Kier molecular flexibility index (Phi) is 3.61. The minimum atomic E-state index is -4.43. The summed E-state index contributed by atoms with van der Waals surface area (Å²) in [6, 6.07) is 5.14. The van der Waals surface area contributed by atoms with Gasteiger partial charge in [-0.05, 0) is 26.1 Å². The van der Waals surface area contributed by atoms with E-state index in [0.29, 0.717) is 5.69 Å². The highest BCUT2D eigenvalue weighted by Gasteiger charge is 2.34. The third-order valence-corrected chi connectivity index (χ3v) is 2.86. The lowest BCUT2D eigenvalue weighted by atomic mass is 10.1. The van der Waals surface area contributed by atoms with E-state index in [0.717, 1.165) is 6.07 Å². The van der Waals surface area contributed by atoms with Crippen LogP contribution in [0.5, 0.6) is 0 Å². The van der Waals surface area contributed by atoms with Crippen molar-refractivity contribution in [2.24, 2.45) is 0 Å². The zero-order chi connectivity index (χ0) is 14.0. The lowest BCUT2D eigenvalue weighted by Gasteiger charge is -2.09. The number of hydrogen-bond acceptors (Lipinski definition) is 3. The first-order valence-electron chi connectivity index (χ1n) is 5.72. The molecule has 102 valence electrons. The third-order valence-electron chi connectivity index (χ3n) is 2.86. The molecule has 6 heteroatoms. The number of rotatable bonds is 3. The molecule has 2 aromatic rings. The summed E-state index contributed by atoms with van der Waals surface area (Å²) in [5.74, 6) is -0.0231. The van der Waals surface area contributed by atoms with E-state index in [2.05, 4.69) is 10.3 Å². The predicted octanol–water partition coefficient (Wildman–Crippen LogP) is 3.64. The fourth-order valence-electron chi connectivity index (χ4n) is 1.67. The summed E-state index contributed by atoms with van der Waals surface area (Å²) in [6.45, 7) is 1.84. The molecule has 0 saturated carbocycles. The second-order valence-electron chi connectivity index (χ2n) is 4.13. The van der Waals surface area contributed by atoms with Crippen molar-refractivity contribution in [3.63, 3.8) is 0 Å². The molecule has 1 N–H and O–H groups in total. The average Bonchev–Trinajstić information content (AvgIpc) is 2.86. The van der Waals surface area contributed by atoms with Gasteiger partial charge in [0.15, 0.2) is 0 Å². The van der Waals surface area contributed by atoms with E-state index in [1.165, 1.54) is 24.5 Å². The monoisotopic (exact) mass is 270 g/mol. The van der Waals surface area contributed by atoms with Gasteiger partial charge in [-0.1, -0.05) is 12.1 Å². The molecule has 0 aliphatic heterocycles. The van der Waals surface area contributed by atoms with Gasteiger partial charge in [0.1, 0.15) is 6.26 Å². The molecule has 1 heterocycles. The van der Waals surface area contributed by atoms with E-state index in [-0.39, 0.29) is 17.5 Å². The van der Waals surface area contributed by atoms with E-state index in [4.69, 9.17) is 4.42 Å². The molecule has 0 amide bonds. The molecule has 1 atom stereocenters. The van der Waals surface area contributed by atoms with Gasteiger partial charge in [0.05, 0.1) is 11.3 Å². The van der Waals surface area contributed by atoms with Crippen LogP contribution in [-0.2, 0) is 6.18 Å². The van der Waals surface area contributed by atoms with E-state index >= 15 is 0 Å². The average molecular weight is 270 g/mol. The Balaban J connectivity index is 2.45. The highest BCUT2D eigenvalue weighted by atomic mass is 19.4. The standard InChI is InChI=1S/C13H13F3N2O/c1-8(17-2)11-7-19-12(18-11)9-5-3-4-6-10(9)13(14,15)16/h3-8,17H,1-2H3. The SMILES string of the molecule is CNC(C)c1coc(-c2ccccc2C(F)(F)F)n1. The summed E-state index contributed by atoms with van der Waals surface area (Å²) < 4.78 is 43.8. The molecule has 0 fully saturated rings. The summed E-state index contributed by atoms with van der Waals surface area (Å²) in [7, 11) is 1.74. The number of oxazole rings is 1. The summed E-state index contributed by atoms with van der Waals surface area (Å²) >= 11 is 0. The normalized spacial score (nSPS) is 13.5. The van der Waals surface area contributed by atoms with E-state index in [1.807, 2.05) is 6.92 Å². The lowest BCUT2D eigenvalue weighted by Crippen LogP contribution is -2.12. The molecule has 1 aromatic carbocycles. The van der Waals surface area contributed by atoms with Crippen molar-refractivity contribution < 1.29 is 17.6 Å². The molecule has 3 nitrogen and oxygen atoms in total. The molecule has 19 heavy (non-hydrogen) atoms. The highest BCUT2D eigenvalue weighted by Crippen LogP contribution is 2.36. The number of aromatic nitrogens is 1. The van der Waals surface area contributed by atoms with Gasteiger partial charge in [-0.25, -0.2) is 4.98 Å². The molecule has 1 unspecified atom stereocenters. The smallest absolute Gasteiger partial charge is 0.417 e. The molecular formula is C13H13F3N2O. The Labute approximate surface area is 108 Å². The fraction of sp³-hybridized carbons (Fsp3) is 0.308. The van der Waals surface area contributed by atoms with E-state index < -0.39 is 11.7 Å². The summed E-state index contributed by atoms with van der Waals surface area (Å²) in [4.78, 5) is 4.10. The van der Waals surface area contributed by atoms with E-state index in [1.54, 1.807) is 7.05 Å². The van der Waals surface area contributed by atoms with Crippen LogP contribution in [-0.4, -0.2) is 12.0 Å². The van der Waals surface area contributed by atoms with Crippen LogP contribution in [0.4, 0.5) is 13.2 Å². The zero-order valence-corrected chi connectivity index (χ0v) is 10.5. The number of alkyl halides is 3. The Hall–Kier alpha value is -1.82. The minimum Gasteiger partial charge on any atom is -0.444 e. The molecule has 0 radical (unpaired) electrons. The van der Waals surface area contributed by atoms with Crippen LogP contribution >= 0.6 is 0 Å². The van der Waals surface area contributed by atoms with Gasteiger partial charge >= 0.3 is 6.18 Å². The van der Waals surface area contributed by atoms with Gasteiger partial charge in [0.25, 0.3) is 0 Å². The van der Waals surface area contributed by atoms with Crippen molar-refractivity contribution in [1.82, 2.24) is 10.3 Å². The van der Waals surface area contributed by atoms with E-state index in [9.17, 15) is 13.2 Å². The van der Waals surface area contributed by atoms with Crippen LogP contribution in [0.1, 0.15) is 24.2 Å². The highest BCUT2D eigenvalue weighted by molar-refractivity contribution is 5.59. The lowest BCUT2D eigenvalue weighted by molar-refractivity contribution is -0.137. The molecule has 0 spiro atoms. The quantitative estimate of drug-likeness (QED) is 0.925. The van der Waals surface area contributed by atoms with Crippen LogP contribution in [0.25, 0.3) is 11.5 Å². The Morgan fingerprint density at radius 1 is 1.26 bits per heavy atom. The first-order chi connectivity index (χ1) is 8.93. The van der Waals surface area contributed by atoms with Crippen molar-refractivity contribution >= 4 is 0 Å². The minimum absolute atomic E-state index is 0.0231. The molecule has 0 aliphatic rings. The van der Waals surface area contributed by atoms with Crippen LogP contribution in [0, 0.1) is 0 Å². The summed E-state index contributed by atoms with van der Waals surface area (Å²) in [5.41, 5.74) is -0.237. The largest absolute Gasteiger partial charge is 0.444 e. The fourth-order valence-corrected chi connectivity index (χ4v) is 1.67.